The summed E-state index contributed by atoms with van der Waals surface area (Å²) in [6.45, 7) is 0. The van der Waals surface area contributed by atoms with Crippen LogP contribution in [-0.4, -0.2) is 16.4 Å². The molecule has 0 aliphatic heterocycles. The van der Waals surface area contributed by atoms with Crippen molar-refractivity contribution < 1.29 is 10.2 Å². The second-order valence-corrected chi connectivity index (χ2v) is 3.38. The number of rotatable bonds is 2. The third kappa shape index (κ3) is 2.60. The molecule has 0 fully saturated rings. The van der Waals surface area contributed by atoms with Crippen LogP contribution in [0.2, 0.25) is 0 Å². The Morgan fingerprint density at radius 2 is 1.50 bits per heavy atom. The molecule has 0 radical (unpaired) electrons. The van der Waals surface area contributed by atoms with Gasteiger partial charge in [0.25, 0.3) is 0 Å². The van der Waals surface area contributed by atoms with Crippen LogP contribution in [0.3, 0.4) is 0 Å². The van der Waals surface area contributed by atoms with E-state index in [9.17, 15) is 10.2 Å². The number of nitrogens with zero attached hydrogens (tertiary/aromatic N) is 1. The van der Waals surface area contributed by atoms with Gasteiger partial charge in [-0.25, -0.2) is 0 Å². The maximum atomic E-state index is 9.26. The van der Waals surface area contributed by atoms with E-state index in [0.717, 1.165) is 5.56 Å². The van der Waals surface area contributed by atoms with E-state index in [2.05, 4.69) is 4.99 Å². The van der Waals surface area contributed by atoms with Crippen molar-refractivity contribution in [2.45, 2.75) is 0 Å². The van der Waals surface area contributed by atoms with E-state index < -0.39 is 0 Å². The average molecular weight is 213 g/mol. The molecule has 0 aliphatic rings. The van der Waals surface area contributed by atoms with E-state index in [1.165, 1.54) is 18.2 Å². The smallest absolute Gasteiger partial charge is 0.121 e. The molecule has 16 heavy (non-hydrogen) atoms. The van der Waals surface area contributed by atoms with Crippen LogP contribution in [0.4, 0.5) is 5.69 Å². The Labute approximate surface area is 93.3 Å². The summed E-state index contributed by atoms with van der Waals surface area (Å²) in [5.74, 6) is 0.000392. The monoisotopic (exact) mass is 213 g/mol. The number of hydrogen-bond acceptors (Lipinski definition) is 3. The van der Waals surface area contributed by atoms with Crippen molar-refractivity contribution in [2.24, 2.45) is 4.99 Å². The molecule has 0 spiro atoms. The molecular formula is C13H11NO2. The van der Waals surface area contributed by atoms with E-state index in [1.54, 1.807) is 6.21 Å². The van der Waals surface area contributed by atoms with Gasteiger partial charge in [-0.05, 0) is 5.56 Å². The van der Waals surface area contributed by atoms with Gasteiger partial charge in [0.15, 0.2) is 0 Å². The minimum absolute atomic E-state index is 0.000196. The molecule has 80 valence electrons. The first-order valence-corrected chi connectivity index (χ1v) is 4.86. The maximum absolute atomic E-state index is 9.26. The van der Waals surface area contributed by atoms with E-state index in [1.807, 2.05) is 30.3 Å². The minimum Gasteiger partial charge on any atom is -0.508 e. The normalized spacial score (nSPS) is 10.8. The van der Waals surface area contributed by atoms with Gasteiger partial charge in [-0.1, -0.05) is 30.3 Å². The average Bonchev–Trinajstić information content (AvgIpc) is 2.27. The fourth-order valence-electron chi connectivity index (χ4n) is 1.34. The van der Waals surface area contributed by atoms with Crippen molar-refractivity contribution in [3.05, 3.63) is 54.1 Å². The summed E-state index contributed by atoms with van der Waals surface area (Å²) in [6.07, 6.45) is 1.67. The summed E-state index contributed by atoms with van der Waals surface area (Å²) in [7, 11) is 0. The van der Waals surface area contributed by atoms with E-state index in [-0.39, 0.29) is 11.5 Å². The van der Waals surface area contributed by atoms with Gasteiger partial charge in [-0.3, -0.25) is 4.99 Å². The van der Waals surface area contributed by atoms with Gasteiger partial charge in [0.1, 0.15) is 11.5 Å². The molecule has 0 bridgehead atoms. The summed E-state index contributed by atoms with van der Waals surface area (Å²) in [5, 5.41) is 18.5. The van der Waals surface area contributed by atoms with Crippen LogP contribution in [0.25, 0.3) is 0 Å². The lowest BCUT2D eigenvalue weighted by atomic mass is 10.2. The van der Waals surface area contributed by atoms with E-state index in [0.29, 0.717) is 5.69 Å². The van der Waals surface area contributed by atoms with Gasteiger partial charge in [0.05, 0.1) is 5.69 Å². The lowest BCUT2D eigenvalue weighted by Gasteiger charge is -1.97. The van der Waals surface area contributed by atoms with Gasteiger partial charge in [-0.2, -0.15) is 0 Å². The lowest BCUT2D eigenvalue weighted by Crippen LogP contribution is -1.77. The van der Waals surface area contributed by atoms with Crippen LogP contribution in [0.1, 0.15) is 5.56 Å². The predicted octanol–water partition coefficient (Wildman–Crippen LogP) is 2.85. The van der Waals surface area contributed by atoms with Crippen LogP contribution in [-0.2, 0) is 0 Å². The minimum atomic E-state index is 0.000196. The van der Waals surface area contributed by atoms with Crippen LogP contribution in [0.5, 0.6) is 11.5 Å². The molecule has 0 amide bonds. The quantitative estimate of drug-likeness (QED) is 0.753. The van der Waals surface area contributed by atoms with Crippen molar-refractivity contribution >= 4 is 11.9 Å². The van der Waals surface area contributed by atoms with Crippen molar-refractivity contribution in [2.75, 3.05) is 0 Å². The molecule has 2 aromatic carbocycles. The molecular weight excluding hydrogens is 202 g/mol. The van der Waals surface area contributed by atoms with E-state index >= 15 is 0 Å². The second-order valence-electron chi connectivity index (χ2n) is 3.38. The van der Waals surface area contributed by atoms with Gasteiger partial charge < -0.3 is 10.2 Å². The molecule has 0 saturated carbocycles. The number of aliphatic imine (C=N–C) groups is 1. The number of aromatic hydroxyl groups is 2. The second kappa shape index (κ2) is 4.49. The van der Waals surface area contributed by atoms with Crippen LogP contribution in [0, 0.1) is 0 Å². The first-order valence-electron chi connectivity index (χ1n) is 4.86. The Balaban J connectivity index is 2.24. The Kier molecular flexibility index (Phi) is 2.87. The van der Waals surface area contributed by atoms with Crippen molar-refractivity contribution in [3.63, 3.8) is 0 Å². The van der Waals surface area contributed by atoms with Crippen LogP contribution >= 0.6 is 0 Å². The van der Waals surface area contributed by atoms with Crippen molar-refractivity contribution in [1.29, 1.82) is 0 Å². The third-order valence-electron chi connectivity index (χ3n) is 2.05. The summed E-state index contributed by atoms with van der Waals surface area (Å²) >= 11 is 0. The summed E-state index contributed by atoms with van der Waals surface area (Å²) < 4.78 is 0. The predicted molar refractivity (Wildman–Crippen MR) is 63.5 cm³/mol. The number of phenolic OH excluding ortho intramolecular Hbond substituents is 2. The molecule has 2 N–H and O–H groups in total. The standard InChI is InChI=1S/C13H11NO2/c15-12-6-11(7-13(16)8-12)14-9-10-4-2-1-3-5-10/h1-9,15-16H. The van der Waals surface area contributed by atoms with Crippen molar-refractivity contribution in [3.8, 4) is 11.5 Å². The molecule has 0 atom stereocenters. The molecule has 2 aromatic rings. The zero-order valence-electron chi connectivity index (χ0n) is 8.54. The first-order chi connectivity index (χ1) is 7.74. The number of phenols is 2. The molecule has 3 heteroatoms. The summed E-state index contributed by atoms with van der Waals surface area (Å²) in [6, 6.07) is 13.8. The number of hydrogen-bond donors (Lipinski definition) is 2. The van der Waals surface area contributed by atoms with Gasteiger partial charge in [0, 0.05) is 24.4 Å². The summed E-state index contributed by atoms with van der Waals surface area (Å²) in [5.41, 5.74) is 1.48. The molecule has 0 aliphatic carbocycles. The molecule has 0 aromatic heterocycles. The Morgan fingerprint density at radius 1 is 0.875 bits per heavy atom. The largest absolute Gasteiger partial charge is 0.508 e. The Bertz CT molecular complexity index is 486. The molecule has 3 nitrogen and oxygen atoms in total. The fourth-order valence-corrected chi connectivity index (χ4v) is 1.34. The zero-order valence-corrected chi connectivity index (χ0v) is 8.54. The van der Waals surface area contributed by atoms with Crippen LogP contribution in [0.15, 0.2) is 53.5 Å². The maximum Gasteiger partial charge on any atom is 0.121 e. The first kappa shape index (κ1) is 10.2. The van der Waals surface area contributed by atoms with Gasteiger partial charge >= 0.3 is 0 Å². The van der Waals surface area contributed by atoms with Gasteiger partial charge in [-0.15, -0.1) is 0 Å². The summed E-state index contributed by atoms with van der Waals surface area (Å²) in [4.78, 5) is 4.15. The molecule has 2 rings (SSSR count). The fraction of sp³-hybridized carbons (Fsp3) is 0. The Hall–Kier alpha value is -2.29. The van der Waals surface area contributed by atoms with Gasteiger partial charge in [0.2, 0.25) is 0 Å². The highest BCUT2D eigenvalue weighted by Crippen LogP contribution is 2.25. The third-order valence-corrected chi connectivity index (χ3v) is 2.05. The highest BCUT2D eigenvalue weighted by molar-refractivity contribution is 5.82. The van der Waals surface area contributed by atoms with Crippen molar-refractivity contribution in [1.82, 2.24) is 0 Å². The molecule has 0 heterocycles. The zero-order chi connectivity index (χ0) is 11.4. The topological polar surface area (TPSA) is 52.8 Å². The van der Waals surface area contributed by atoms with E-state index in [4.69, 9.17) is 0 Å². The Morgan fingerprint density at radius 3 is 2.12 bits per heavy atom. The molecule has 0 unspecified atom stereocenters. The molecule has 0 saturated heterocycles. The highest BCUT2D eigenvalue weighted by atomic mass is 16.3. The SMILES string of the molecule is Oc1cc(O)cc(N=Cc2ccccc2)c1. The highest BCUT2D eigenvalue weighted by Gasteiger charge is 1.96. The van der Waals surface area contributed by atoms with Crippen LogP contribution < -0.4 is 0 Å². The number of benzene rings is 2. The lowest BCUT2D eigenvalue weighted by molar-refractivity contribution is 0.451.